The Bertz CT molecular complexity index is 1450. The van der Waals surface area contributed by atoms with Crippen LogP contribution in [0.3, 0.4) is 0 Å². The van der Waals surface area contributed by atoms with Crippen molar-refractivity contribution in [2.24, 2.45) is 0 Å². The van der Waals surface area contributed by atoms with Crippen LogP contribution in [0.25, 0.3) is 0 Å². The fraction of sp³-hybridized carbons (Fsp3) is 0.0741. The number of pyridine rings is 1. The number of para-hydroxylation sites is 1. The smallest absolute Gasteiger partial charge is 0.257 e. The molecular formula is C27H22ClN3O4. The number of carbonyl (C=O) groups is 2. The third kappa shape index (κ3) is 5.77. The Labute approximate surface area is 206 Å². The predicted octanol–water partition coefficient (Wildman–Crippen LogP) is 5.06. The standard InChI is InChI=1S/C27H22ClN3O4/c1-35-21-9-6-8-20(15-21)29-27(34)22-10-3-5-12-24(22)30-26(33)19-13-14-25(32)31(17-19)16-18-7-2-4-11-23(18)28/h2-15,17H,16H2,1H3,(H,29,34)(H,30,33). The Morgan fingerprint density at radius 1 is 0.886 bits per heavy atom. The summed E-state index contributed by atoms with van der Waals surface area (Å²) in [6, 6.07) is 23.6. The molecule has 0 saturated carbocycles. The van der Waals surface area contributed by atoms with Gasteiger partial charge in [0.1, 0.15) is 5.75 Å². The van der Waals surface area contributed by atoms with Crippen LogP contribution in [0.1, 0.15) is 26.3 Å². The molecule has 0 aliphatic carbocycles. The molecule has 0 bridgehead atoms. The Balaban J connectivity index is 1.54. The third-order valence-corrected chi connectivity index (χ3v) is 5.66. The van der Waals surface area contributed by atoms with E-state index in [-0.39, 0.29) is 23.2 Å². The fourth-order valence-corrected chi connectivity index (χ4v) is 3.68. The molecule has 1 heterocycles. The van der Waals surface area contributed by atoms with E-state index in [4.69, 9.17) is 16.3 Å². The molecule has 2 amide bonds. The maximum Gasteiger partial charge on any atom is 0.257 e. The number of benzene rings is 3. The molecule has 2 N–H and O–H groups in total. The average molecular weight is 488 g/mol. The van der Waals surface area contributed by atoms with Crippen LogP contribution in [0.15, 0.2) is 95.9 Å². The number of hydrogen-bond acceptors (Lipinski definition) is 4. The van der Waals surface area contributed by atoms with Crippen molar-refractivity contribution >= 4 is 34.8 Å². The van der Waals surface area contributed by atoms with Gasteiger partial charge >= 0.3 is 0 Å². The molecule has 0 radical (unpaired) electrons. The monoisotopic (exact) mass is 487 g/mol. The van der Waals surface area contributed by atoms with Crippen molar-refractivity contribution in [3.05, 3.63) is 123 Å². The van der Waals surface area contributed by atoms with Gasteiger partial charge in [0.25, 0.3) is 17.4 Å². The Hall–Kier alpha value is -4.36. The van der Waals surface area contributed by atoms with Crippen LogP contribution >= 0.6 is 11.6 Å². The summed E-state index contributed by atoms with van der Waals surface area (Å²) in [6.45, 7) is 0.221. The molecule has 0 spiro atoms. The summed E-state index contributed by atoms with van der Waals surface area (Å²) in [5, 5.41) is 6.11. The Morgan fingerprint density at radius 3 is 2.46 bits per heavy atom. The molecule has 0 unspecified atom stereocenters. The first-order chi connectivity index (χ1) is 16.9. The number of carbonyl (C=O) groups excluding carboxylic acids is 2. The second kappa shape index (κ2) is 10.7. The van der Waals surface area contributed by atoms with Crippen LogP contribution in [0, 0.1) is 0 Å². The van der Waals surface area contributed by atoms with E-state index in [0.717, 1.165) is 5.56 Å². The number of halogens is 1. The number of ether oxygens (including phenoxy) is 1. The molecule has 0 fully saturated rings. The highest BCUT2D eigenvalue weighted by Crippen LogP contribution is 2.21. The van der Waals surface area contributed by atoms with Crippen LogP contribution in [0.4, 0.5) is 11.4 Å². The van der Waals surface area contributed by atoms with Gasteiger partial charge in [-0.3, -0.25) is 14.4 Å². The zero-order chi connectivity index (χ0) is 24.8. The van der Waals surface area contributed by atoms with Crippen LogP contribution in [-0.4, -0.2) is 23.5 Å². The summed E-state index contributed by atoms with van der Waals surface area (Å²) in [5.74, 6) is -0.242. The highest BCUT2D eigenvalue weighted by atomic mass is 35.5. The van der Waals surface area contributed by atoms with Gasteiger partial charge in [-0.1, -0.05) is 48.0 Å². The highest BCUT2D eigenvalue weighted by molar-refractivity contribution is 6.31. The third-order valence-electron chi connectivity index (χ3n) is 5.29. The lowest BCUT2D eigenvalue weighted by Gasteiger charge is -2.13. The highest BCUT2D eigenvalue weighted by Gasteiger charge is 2.15. The molecule has 8 heteroatoms. The second-order valence-corrected chi connectivity index (χ2v) is 8.07. The molecule has 1 aromatic heterocycles. The minimum atomic E-state index is -0.459. The summed E-state index contributed by atoms with van der Waals surface area (Å²) < 4.78 is 6.60. The Morgan fingerprint density at radius 2 is 1.66 bits per heavy atom. The zero-order valence-corrected chi connectivity index (χ0v) is 19.6. The average Bonchev–Trinajstić information content (AvgIpc) is 2.87. The molecular weight excluding hydrogens is 466 g/mol. The normalized spacial score (nSPS) is 10.5. The van der Waals surface area contributed by atoms with E-state index in [1.165, 1.54) is 22.9 Å². The molecule has 0 saturated heterocycles. The van der Waals surface area contributed by atoms with E-state index >= 15 is 0 Å². The summed E-state index contributed by atoms with van der Waals surface area (Å²) in [5.41, 5.74) is 1.93. The lowest BCUT2D eigenvalue weighted by Crippen LogP contribution is -2.23. The predicted molar refractivity (Wildman–Crippen MR) is 137 cm³/mol. The Kier molecular flexibility index (Phi) is 7.28. The SMILES string of the molecule is COc1cccc(NC(=O)c2ccccc2NC(=O)c2ccc(=O)n(Cc3ccccc3Cl)c2)c1. The van der Waals surface area contributed by atoms with Crippen molar-refractivity contribution in [2.75, 3.05) is 17.7 Å². The lowest BCUT2D eigenvalue weighted by atomic mass is 10.1. The molecule has 4 aromatic rings. The summed E-state index contributed by atoms with van der Waals surface area (Å²) in [7, 11) is 1.54. The van der Waals surface area contributed by atoms with Crippen molar-refractivity contribution in [2.45, 2.75) is 6.54 Å². The molecule has 176 valence electrons. The molecule has 0 aliphatic heterocycles. The van der Waals surface area contributed by atoms with E-state index in [1.807, 2.05) is 12.1 Å². The largest absolute Gasteiger partial charge is 0.497 e. The van der Waals surface area contributed by atoms with E-state index in [2.05, 4.69) is 10.6 Å². The maximum absolute atomic E-state index is 13.0. The van der Waals surface area contributed by atoms with Crippen LogP contribution in [0.2, 0.25) is 5.02 Å². The maximum atomic E-state index is 13.0. The van der Waals surface area contributed by atoms with E-state index in [1.54, 1.807) is 67.8 Å². The van der Waals surface area contributed by atoms with Gasteiger partial charge in [0.15, 0.2) is 0 Å². The van der Waals surface area contributed by atoms with Crippen LogP contribution in [-0.2, 0) is 6.54 Å². The number of nitrogens with one attached hydrogen (secondary N) is 2. The molecule has 3 aromatic carbocycles. The summed E-state index contributed by atoms with van der Waals surface area (Å²) >= 11 is 6.22. The van der Waals surface area contributed by atoms with Gasteiger partial charge in [-0.25, -0.2) is 0 Å². The van der Waals surface area contributed by atoms with Crippen molar-refractivity contribution in [1.82, 2.24) is 4.57 Å². The lowest BCUT2D eigenvalue weighted by molar-refractivity contribution is 0.102. The van der Waals surface area contributed by atoms with E-state index in [9.17, 15) is 14.4 Å². The van der Waals surface area contributed by atoms with Crippen LogP contribution in [0.5, 0.6) is 5.75 Å². The first-order valence-electron chi connectivity index (χ1n) is 10.7. The van der Waals surface area contributed by atoms with Crippen molar-refractivity contribution in [3.63, 3.8) is 0 Å². The number of anilines is 2. The minimum Gasteiger partial charge on any atom is -0.497 e. The van der Waals surface area contributed by atoms with E-state index in [0.29, 0.717) is 22.1 Å². The van der Waals surface area contributed by atoms with Gasteiger partial charge in [-0.2, -0.15) is 0 Å². The molecule has 7 nitrogen and oxygen atoms in total. The minimum absolute atomic E-state index is 0.221. The number of methoxy groups -OCH3 is 1. The number of hydrogen-bond donors (Lipinski definition) is 2. The molecule has 0 atom stereocenters. The van der Waals surface area contributed by atoms with E-state index < -0.39 is 11.8 Å². The quantitative estimate of drug-likeness (QED) is 0.381. The van der Waals surface area contributed by atoms with Gasteiger partial charge in [-0.05, 0) is 42.0 Å². The first-order valence-corrected chi connectivity index (χ1v) is 11.1. The number of aromatic nitrogens is 1. The van der Waals surface area contributed by atoms with Gasteiger partial charge in [0.05, 0.1) is 30.5 Å². The first kappa shape index (κ1) is 23.8. The van der Waals surface area contributed by atoms with Gasteiger partial charge in [0, 0.05) is 29.0 Å². The summed E-state index contributed by atoms with van der Waals surface area (Å²) in [6.07, 6.45) is 1.47. The van der Waals surface area contributed by atoms with Crippen LogP contribution < -0.4 is 20.9 Å². The second-order valence-electron chi connectivity index (χ2n) is 7.66. The number of amides is 2. The van der Waals surface area contributed by atoms with Crippen molar-refractivity contribution in [1.29, 1.82) is 0 Å². The molecule has 0 aliphatic rings. The van der Waals surface area contributed by atoms with Gasteiger partial charge < -0.3 is 19.9 Å². The molecule has 4 rings (SSSR count). The van der Waals surface area contributed by atoms with Crippen molar-refractivity contribution in [3.8, 4) is 5.75 Å². The fourth-order valence-electron chi connectivity index (χ4n) is 3.48. The topological polar surface area (TPSA) is 89.4 Å². The number of nitrogens with zero attached hydrogens (tertiary/aromatic N) is 1. The summed E-state index contributed by atoms with van der Waals surface area (Å²) in [4.78, 5) is 38.3. The molecule has 35 heavy (non-hydrogen) atoms. The van der Waals surface area contributed by atoms with Crippen molar-refractivity contribution < 1.29 is 14.3 Å². The van der Waals surface area contributed by atoms with Gasteiger partial charge in [-0.15, -0.1) is 0 Å². The zero-order valence-electron chi connectivity index (χ0n) is 18.8. The van der Waals surface area contributed by atoms with Gasteiger partial charge in [0.2, 0.25) is 0 Å². The number of rotatable bonds is 7.